The summed E-state index contributed by atoms with van der Waals surface area (Å²) in [5, 5.41) is 11.6. The van der Waals surface area contributed by atoms with E-state index in [9.17, 15) is 18.0 Å². The van der Waals surface area contributed by atoms with Crippen LogP contribution in [-0.2, 0) is 14.8 Å². The SMILES string of the molecule is CS(=O)(=O)N1CCC([C@H]2C[C@@H](c3nc(Cl)c(-c4ccc(NC(=O)O)cc4)[nH]3)N(C(=O)C3CCC(CN)CC3)C2)CC1.Cl.Cl. The van der Waals surface area contributed by atoms with Gasteiger partial charge in [0.05, 0.1) is 18.0 Å². The molecule has 15 heteroatoms. The number of carbonyl (C=O) groups is 2. The number of carbonyl (C=O) groups excluding carboxylic acids is 1. The standard InChI is InChI=1S/C28H39ClN6O5S.2ClH/c1-41(39,40)34-12-10-18(11-13-34)21-14-23(35(16-21)27(36)20-4-2-17(15-30)3-5-20)26-32-24(25(29)33-26)19-6-8-22(9-7-19)31-28(37)38;;/h6-9,17-18,20-21,23,31H,2-5,10-16,30H2,1H3,(H,32,33)(H,37,38);2*1H/t17?,20?,21-,23-;;/m0../s1. The third kappa shape index (κ3) is 8.15. The fraction of sp³-hybridized carbons (Fsp3) is 0.607. The number of likely N-dealkylation sites (tertiary alicyclic amines) is 1. The van der Waals surface area contributed by atoms with E-state index in [0.29, 0.717) is 60.4 Å². The van der Waals surface area contributed by atoms with E-state index in [2.05, 4.69) is 15.3 Å². The molecule has 2 amide bonds. The van der Waals surface area contributed by atoms with Gasteiger partial charge in [-0.3, -0.25) is 10.1 Å². The minimum absolute atomic E-state index is 0. The molecule has 43 heavy (non-hydrogen) atoms. The second-order valence-corrected chi connectivity index (χ2v) is 14.1. The first-order valence-electron chi connectivity index (χ1n) is 14.3. The van der Waals surface area contributed by atoms with Gasteiger partial charge >= 0.3 is 6.09 Å². The molecule has 0 unspecified atom stereocenters. The van der Waals surface area contributed by atoms with Crippen LogP contribution in [-0.4, -0.2) is 77.1 Å². The zero-order valence-corrected chi connectivity index (χ0v) is 27.3. The maximum absolute atomic E-state index is 14.0. The Morgan fingerprint density at radius 1 is 1.07 bits per heavy atom. The lowest BCUT2D eigenvalue weighted by Crippen LogP contribution is -2.41. The molecule has 1 saturated carbocycles. The van der Waals surface area contributed by atoms with Gasteiger partial charge in [0.15, 0.2) is 5.15 Å². The first kappa shape index (κ1) is 35.4. The van der Waals surface area contributed by atoms with Gasteiger partial charge in [0.25, 0.3) is 0 Å². The molecule has 1 aromatic carbocycles. The molecule has 240 valence electrons. The molecule has 5 N–H and O–H groups in total. The van der Waals surface area contributed by atoms with Crippen molar-refractivity contribution >= 4 is 64.1 Å². The van der Waals surface area contributed by atoms with E-state index in [1.165, 1.54) is 6.26 Å². The number of halogens is 3. The van der Waals surface area contributed by atoms with Gasteiger partial charge in [-0.15, -0.1) is 24.8 Å². The van der Waals surface area contributed by atoms with Gasteiger partial charge in [-0.05, 0) is 81.4 Å². The molecule has 3 fully saturated rings. The zero-order chi connectivity index (χ0) is 29.3. The number of piperidine rings is 1. The van der Waals surface area contributed by atoms with Crippen molar-refractivity contribution in [3.63, 3.8) is 0 Å². The molecule has 1 aliphatic carbocycles. The molecule has 2 saturated heterocycles. The summed E-state index contributed by atoms with van der Waals surface area (Å²) in [6, 6.07) is 6.58. The molecule has 2 atom stereocenters. The van der Waals surface area contributed by atoms with E-state index in [1.807, 2.05) is 4.90 Å². The molecule has 11 nitrogen and oxygen atoms in total. The summed E-state index contributed by atoms with van der Waals surface area (Å²) in [5.41, 5.74) is 7.70. The van der Waals surface area contributed by atoms with Gasteiger partial charge < -0.3 is 20.7 Å². The molecule has 0 radical (unpaired) electrons. The van der Waals surface area contributed by atoms with Crippen LogP contribution in [0.2, 0.25) is 5.15 Å². The first-order chi connectivity index (χ1) is 19.5. The number of anilines is 1. The fourth-order valence-electron chi connectivity index (χ4n) is 6.83. The van der Waals surface area contributed by atoms with Crippen molar-refractivity contribution in [2.75, 3.05) is 37.8 Å². The highest BCUT2D eigenvalue weighted by Gasteiger charge is 2.44. The molecule has 3 heterocycles. The monoisotopic (exact) mass is 678 g/mol. The molecule has 0 bridgehead atoms. The number of carboxylic acid groups (broad SMARTS) is 1. The molecule has 2 aliphatic heterocycles. The van der Waals surface area contributed by atoms with Crippen LogP contribution in [0, 0.1) is 23.7 Å². The predicted molar refractivity (Wildman–Crippen MR) is 171 cm³/mol. The Hall–Kier alpha value is -2.09. The van der Waals surface area contributed by atoms with Gasteiger partial charge in [-0.25, -0.2) is 22.5 Å². The molecule has 2 aromatic rings. The van der Waals surface area contributed by atoms with Crippen LogP contribution < -0.4 is 11.1 Å². The number of benzene rings is 1. The lowest BCUT2D eigenvalue weighted by molar-refractivity contribution is -0.138. The van der Waals surface area contributed by atoms with Crippen molar-refractivity contribution in [2.24, 2.45) is 29.4 Å². The number of aromatic nitrogens is 2. The van der Waals surface area contributed by atoms with Crippen molar-refractivity contribution in [1.29, 1.82) is 0 Å². The summed E-state index contributed by atoms with van der Waals surface area (Å²) in [6.45, 7) is 2.28. The molecule has 3 aliphatic rings. The third-order valence-corrected chi connectivity index (χ3v) is 10.8. The number of rotatable bonds is 7. The van der Waals surface area contributed by atoms with Crippen LogP contribution >= 0.6 is 36.4 Å². The normalized spacial score (nSPS) is 25.0. The van der Waals surface area contributed by atoms with Crippen molar-refractivity contribution < 1.29 is 23.1 Å². The summed E-state index contributed by atoms with van der Waals surface area (Å²) in [5.74, 6) is 1.78. The number of nitrogens with two attached hydrogens (primary N) is 1. The number of nitrogens with zero attached hydrogens (tertiary/aromatic N) is 3. The Bertz CT molecular complexity index is 1360. The van der Waals surface area contributed by atoms with Gasteiger partial charge in [-0.1, -0.05) is 23.7 Å². The van der Waals surface area contributed by atoms with Gasteiger partial charge in [0, 0.05) is 36.8 Å². The van der Waals surface area contributed by atoms with Crippen LogP contribution in [0.4, 0.5) is 10.5 Å². The summed E-state index contributed by atoms with van der Waals surface area (Å²) in [6.07, 6.45) is 5.99. The van der Waals surface area contributed by atoms with E-state index in [-0.39, 0.29) is 48.6 Å². The smallest absolute Gasteiger partial charge is 0.409 e. The van der Waals surface area contributed by atoms with E-state index >= 15 is 0 Å². The molecular formula is C28H41Cl3N6O5S. The Balaban J connectivity index is 0.00000253. The maximum atomic E-state index is 14.0. The Kier molecular flexibility index (Phi) is 12.2. The van der Waals surface area contributed by atoms with Crippen LogP contribution in [0.1, 0.15) is 56.8 Å². The number of aromatic amines is 1. The minimum Gasteiger partial charge on any atom is -0.465 e. The number of H-pyrrole nitrogens is 1. The maximum Gasteiger partial charge on any atom is 0.409 e. The van der Waals surface area contributed by atoms with Crippen LogP contribution in [0.5, 0.6) is 0 Å². The zero-order valence-electron chi connectivity index (χ0n) is 24.1. The van der Waals surface area contributed by atoms with Crippen molar-refractivity contribution in [3.8, 4) is 11.3 Å². The molecular weight excluding hydrogens is 639 g/mol. The Morgan fingerprint density at radius 2 is 1.70 bits per heavy atom. The van der Waals surface area contributed by atoms with E-state index in [0.717, 1.165) is 50.5 Å². The lowest BCUT2D eigenvalue weighted by atomic mass is 9.81. The Labute approximate surface area is 270 Å². The number of nitrogens with one attached hydrogen (secondary N) is 2. The highest BCUT2D eigenvalue weighted by atomic mass is 35.5. The number of amides is 2. The topological polar surface area (TPSA) is 162 Å². The summed E-state index contributed by atoms with van der Waals surface area (Å²) >= 11 is 6.60. The second-order valence-electron chi connectivity index (χ2n) is 11.8. The van der Waals surface area contributed by atoms with Crippen molar-refractivity contribution in [1.82, 2.24) is 19.2 Å². The van der Waals surface area contributed by atoms with Crippen LogP contribution in [0.3, 0.4) is 0 Å². The van der Waals surface area contributed by atoms with Crippen LogP contribution in [0.15, 0.2) is 24.3 Å². The number of imidazole rings is 1. The fourth-order valence-corrected chi connectivity index (χ4v) is 7.95. The quantitative estimate of drug-likeness (QED) is 0.321. The minimum atomic E-state index is -3.21. The van der Waals surface area contributed by atoms with E-state index in [4.69, 9.17) is 22.4 Å². The van der Waals surface area contributed by atoms with Gasteiger partial charge in [0.2, 0.25) is 15.9 Å². The average molecular weight is 680 g/mol. The highest BCUT2D eigenvalue weighted by Crippen LogP contribution is 2.44. The van der Waals surface area contributed by atoms with Crippen LogP contribution in [0.25, 0.3) is 11.3 Å². The predicted octanol–water partition coefficient (Wildman–Crippen LogP) is 4.99. The number of sulfonamides is 1. The third-order valence-electron chi connectivity index (χ3n) is 9.20. The molecule has 0 spiro atoms. The average Bonchev–Trinajstić information content (AvgIpc) is 3.56. The van der Waals surface area contributed by atoms with E-state index in [1.54, 1.807) is 28.6 Å². The second kappa shape index (κ2) is 14.8. The summed E-state index contributed by atoms with van der Waals surface area (Å²) < 4.78 is 25.6. The largest absolute Gasteiger partial charge is 0.465 e. The Morgan fingerprint density at radius 3 is 2.26 bits per heavy atom. The summed E-state index contributed by atoms with van der Waals surface area (Å²) in [7, 11) is -3.21. The lowest BCUT2D eigenvalue weighted by Gasteiger charge is -2.34. The van der Waals surface area contributed by atoms with E-state index < -0.39 is 16.1 Å². The van der Waals surface area contributed by atoms with Gasteiger partial charge in [0.1, 0.15) is 5.82 Å². The van der Waals surface area contributed by atoms with Gasteiger partial charge in [-0.2, -0.15) is 0 Å². The number of hydrogen-bond acceptors (Lipinski definition) is 6. The number of hydrogen-bond donors (Lipinski definition) is 4. The van der Waals surface area contributed by atoms with Crippen molar-refractivity contribution in [2.45, 2.75) is 51.0 Å². The summed E-state index contributed by atoms with van der Waals surface area (Å²) in [4.78, 5) is 34.9. The van der Waals surface area contributed by atoms with Crippen molar-refractivity contribution in [3.05, 3.63) is 35.2 Å². The highest BCUT2D eigenvalue weighted by molar-refractivity contribution is 7.88. The first-order valence-corrected chi connectivity index (χ1v) is 16.6. The molecule has 5 rings (SSSR count). The molecule has 1 aromatic heterocycles.